The van der Waals surface area contributed by atoms with E-state index in [4.69, 9.17) is 4.74 Å². The number of ether oxygens (including phenoxy) is 1. The average Bonchev–Trinajstić information content (AvgIpc) is 3.06. The van der Waals surface area contributed by atoms with Crippen molar-refractivity contribution in [3.63, 3.8) is 0 Å². The topological polar surface area (TPSA) is 51.5 Å². The van der Waals surface area contributed by atoms with Crippen LogP contribution in [0.3, 0.4) is 0 Å². The normalized spacial score (nSPS) is 10.8. The lowest BCUT2D eigenvalue weighted by molar-refractivity contribution is 0.192. The molecule has 0 fully saturated rings. The Morgan fingerprint density at radius 2 is 1.88 bits per heavy atom. The fraction of sp³-hybridized carbons (Fsp3) is 0.0526. The number of pyridine rings is 1. The molecule has 0 aliphatic carbocycles. The second kappa shape index (κ2) is 6.79. The fourth-order valence-corrected chi connectivity index (χ4v) is 2.66. The van der Waals surface area contributed by atoms with Gasteiger partial charge in [0.2, 0.25) is 12.8 Å². The van der Waals surface area contributed by atoms with Crippen molar-refractivity contribution in [3.05, 3.63) is 72.7 Å². The van der Waals surface area contributed by atoms with Crippen LogP contribution in [0.1, 0.15) is 0 Å². The van der Waals surface area contributed by atoms with Crippen LogP contribution in [0.15, 0.2) is 66.9 Å². The molecule has 0 amide bonds. The van der Waals surface area contributed by atoms with Crippen molar-refractivity contribution in [1.29, 1.82) is 0 Å². The molecule has 130 valence electrons. The van der Waals surface area contributed by atoms with Crippen LogP contribution in [0.4, 0.5) is 20.4 Å². The van der Waals surface area contributed by atoms with Gasteiger partial charge < -0.3 is 10.1 Å². The lowest BCUT2D eigenvalue weighted by atomic mass is 10.1. The molecular weight excluding hydrogens is 338 g/mol. The van der Waals surface area contributed by atoms with E-state index in [-0.39, 0.29) is 5.82 Å². The number of hydrogen-bond donors (Lipinski definition) is 1. The molecular formula is C19H14F2N4O. The molecule has 0 radical (unpaired) electrons. The first-order chi connectivity index (χ1) is 12.7. The second-order valence-corrected chi connectivity index (χ2v) is 5.54. The van der Waals surface area contributed by atoms with Crippen molar-refractivity contribution in [1.82, 2.24) is 14.6 Å². The summed E-state index contributed by atoms with van der Waals surface area (Å²) >= 11 is 0. The molecule has 26 heavy (non-hydrogen) atoms. The SMILES string of the molecule is FCOc1cccc(-c2cccn3nc(Nc4ccc(F)cc4)nc23)c1. The Bertz CT molecular complexity index is 1050. The Balaban J connectivity index is 1.71. The van der Waals surface area contributed by atoms with Crippen molar-refractivity contribution in [2.75, 3.05) is 12.2 Å². The highest BCUT2D eigenvalue weighted by molar-refractivity contribution is 5.78. The molecule has 0 unspecified atom stereocenters. The maximum Gasteiger partial charge on any atom is 0.247 e. The Morgan fingerprint density at radius 3 is 2.69 bits per heavy atom. The zero-order valence-corrected chi connectivity index (χ0v) is 13.6. The number of rotatable bonds is 5. The minimum atomic E-state index is -0.885. The van der Waals surface area contributed by atoms with Gasteiger partial charge in [-0.1, -0.05) is 12.1 Å². The number of anilines is 2. The first-order valence-corrected chi connectivity index (χ1v) is 7.90. The second-order valence-electron chi connectivity index (χ2n) is 5.54. The fourth-order valence-electron chi connectivity index (χ4n) is 2.66. The van der Waals surface area contributed by atoms with Gasteiger partial charge in [-0.25, -0.2) is 13.3 Å². The minimum absolute atomic E-state index is 0.309. The van der Waals surface area contributed by atoms with E-state index in [1.54, 1.807) is 41.0 Å². The van der Waals surface area contributed by atoms with Gasteiger partial charge in [0, 0.05) is 17.4 Å². The Hall–Kier alpha value is -3.48. The molecule has 0 spiro atoms. The van der Waals surface area contributed by atoms with Crippen LogP contribution >= 0.6 is 0 Å². The van der Waals surface area contributed by atoms with Crippen molar-refractivity contribution in [2.24, 2.45) is 0 Å². The van der Waals surface area contributed by atoms with E-state index in [2.05, 4.69) is 15.4 Å². The van der Waals surface area contributed by atoms with Crippen LogP contribution in [-0.2, 0) is 0 Å². The molecule has 0 bridgehead atoms. The van der Waals surface area contributed by atoms with Crippen LogP contribution in [0.5, 0.6) is 5.75 Å². The molecule has 0 aliphatic rings. The molecule has 0 atom stereocenters. The maximum absolute atomic E-state index is 13.0. The third kappa shape index (κ3) is 3.19. The summed E-state index contributed by atoms with van der Waals surface area (Å²) in [7, 11) is 0. The van der Waals surface area contributed by atoms with Gasteiger partial charge in [-0.15, -0.1) is 5.10 Å². The molecule has 7 heteroatoms. The number of hydrogen-bond acceptors (Lipinski definition) is 4. The van der Waals surface area contributed by atoms with Gasteiger partial charge in [0.25, 0.3) is 0 Å². The van der Waals surface area contributed by atoms with E-state index in [1.165, 1.54) is 12.1 Å². The maximum atomic E-state index is 13.0. The van der Waals surface area contributed by atoms with E-state index in [9.17, 15) is 8.78 Å². The smallest absolute Gasteiger partial charge is 0.247 e. The first-order valence-electron chi connectivity index (χ1n) is 7.90. The zero-order valence-electron chi connectivity index (χ0n) is 13.6. The summed E-state index contributed by atoms with van der Waals surface area (Å²) in [6.45, 7) is -0.885. The highest BCUT2D eigenvalue weighted by Gasteiger charge is 2.10. The van der Waals surface area contributed by atoms with Crippen molar-refractivity contribution >= 4 is 17.3 Å². The summed E-state index contributed by atoms with van der Waals surface area (Å²) < 4.78 is 32.0. The molecule has 5 nitrogen and oxygen atoms in total. The quantitative estimate of drug-likeness (QED) is 0.571. The predicted octanol–water partition coefficient (Wildman–Crippen LogP) is 4.58. The van der Waals surface area contributed by atoms with Crippen molar-refractivity contribution in [3.8, 4) is 16.9 Å². The summed E-state index contributed by atoms with van der Waals surface area (Å²) in [5, 5.41) is 7.43. The lowest BCUT2D eigenvalue weighted by Gasteiger charge is -2.06. The standard InChI is InChI=1S/C19H14F2N4O/c20-12-26-16-4-1-3-13(11-16)17-5-2-10-25-18(17)23-19(24-25)22-15-8-6-14(21)7-9-15/h1-11H,12H2,(H,22,24). The van der Waals surface area contributed by atoms with E-state index < -0.39 is 6.86 Å². The van der Waals surface area contributed by atoms with Gasteiger partial charge in [-0.2, -0.15) is 4.98 Å². The molecule has 0 aliphatic heterocycles. The molecule has 1 N–H and O–H groups in total. The van der Waals surface area contributed by atoms with Gasteiger partial charge in [-0.3, -0.25) is 0 Å². The molecule has 0 saturated carbocycles. The van der Waals surface area contributed by atoms with E-state index in [0.29, 0.717) is 23.0 Å². The highest BCUT2D eigenvalue weighted by Crippen LogP contribution is 2.28. The molecule has 4 rings (SSSR count). The number of alkyl halides is 1. The molecule has 4 aromatic rings. The Labute approximate surface area is 147 Å². The van der Waals surface area contributed by atoms with Gasteiger partial charge in [0.1, 0.15) is 11.6 Å². The van der Waals surface area contributed by atoms with Crippen molar-refractivity contribution in [2.45, 2.75) is 0 Å². The van der Waals surface area contributed by atoms with Crippen LogP contribution in [-0.4, -0.2) is 21.5 Å². The van der Waals surface area contributed by atoms with Crippen LogP contribution in [0, 0.1) is 5.82 Å². The summed E-state index contributed by atoms with van der Waals surface area (Å²) in [6.07, 6.45) is 1.78. The Kier molecular flexibility index (Phi) is 4.18. The van der Waals surface area contributed by atoms with E-state index in [1.807, 2.05) is 18.2 Å². The summed E-state index contributed by atoms with van der Waals surface area (Å²) in [4.78, 5) is 4.51. The van der Waals surface area contributed by atoms with E-state index >= 15 is 0 Å². The zero-order chi connectivity index (χ0) is 17.9. The van der Waals surface area contributed by atoms with Crippen LogP contribution < -0.4 is 10.1 Å². The first kappa shape index (κ1) is 16.0. The molecule has 0 saturated heterocycles. The number of aromatic nitrogens is 3. The van der Waals surface area contributed by atoms with Gasteiger partial charge in [0.05, 0.1) is 0 Å². The third-order valence-corrected chi connectivity index (χ3v) is 3.83. The third-order valence-electron chi connectivity index (χ3n) is 3.83. The predicted molar refractivity (Wildman–Crippen MR) is 94.7 cm³/mol. The number of nitrogens with one attached hydrogen (secondary N) is 1. The van der Waals surface area contributed by atoms with Crippen LogP contribution in [0.2, 0.25) is 0 Å². The molecule has 2 aromatic carbocycles. The van der Waals surface area contributed by atoms with Gasteiger partial charge >= 0.3 is 0 Å². The molecule has 2 aromatic heterocycles. The highest BCUT2D eigenvalue weighted by atomic mass is 19.1. The number of nitrogens with zero attached hydrogens (tertiary/aromatic N) is 3. The van der Waals surface area contributed by atoms with Gasteiger partial charge in [0.15, 0.2) is 5.65 Å². The largest absolute Gasteiger partial charge is 0.463 e. The van der Waals surface area contributed by atoms with Gasteiger partial charge in [-0.05, 0) is 54.1 Å². The molecule has 2 heterocycles. The number of benzene rings is 2. The number of halogens is 2. The minimum Gasteiger partial charge on any atom is -0.463 e. The lowest BCUT2D eigenvalue weighted by Crippen LogP contribution is -1.93. The van der Waals surface area contributed by atoms with Crippen molar-refractivity contribution < 1.29 is 13.5 Å². The monoisotopic (exact) mass is 352 g/mol. The average molecular weight is 352 g/mol. The van der Waals surface area contributed by atoms with E-state index in [0.717, 1.165) is 11.1 Å². The summed E-state index contributed by atoms with van der Waals surface area (Å²) in [5.74, 6) is 0.521. The summed E-state index contributed by atoms with van der Waals surface area (Å²) in [5.41, 5.74) is 2.98. The summed E-state index contributed by atoms with van der Waals surface area (Å²) in [6, 6.07) is 16.8. The Morgan fingerprint density at radius 1 is 1.04 bits per heavy atom. The van der Waals surface area contributed by atoms with Crippen LogP contribution in [0.25, 0.3) is 16.8 Å². The number of fused-ring (bicyclic) bond motifs is 1.